The summed E-state index contributed by atoms with van der Waals surface area (Å²) in [5.41, 5.74) is 5.60. The number of carboxylic acids is 1. The highest BCUT2D eigenvalue weighted by atomic mass is 35.5. The molecule has 8 heteroatoms. The molecule has 6 nitrogen and oxygen atoms in total. The van der Waals surface area contributed by atoms with Crippen molar-refractivity contribution in [2.75, 3.05) is 5.43 Å². The lowest BCUT2D eigenvalue weighted by molar-refractivity contribution is 0.0697. The molecule has 0 saturated carbocycles. The van der Waals surface area contributed by atoms with Crippen molar-refractivity contribution >= 4 is 41.1 Å². The van der Waals surface area contributed by atoms with Gasteiger partial charge in [0.1, 0.15) is 5.15 Å². The van der Waals surface area contributed by atoms with E-state index in [0.29, 0.717) is 27.1 Å². The number of carbonyl (C=O) groups is 1. The van der Waals surface area contributed by atoms with E-state index in [2.05, 4.69) is 15.6 Å². The molecule has 0 radical (unpaired) electrons. The van der Waals surface area contributed by atoms with Crippen molar-refractivity contribution in [2.24, 2.45) is 5.10 Å². The third-order valence-electron chi connectivity index (χ3n) is 3.60. The average molecular weight is 389 g/mol. The van der Waals surface area contributed by atoms with Crippen LogP contribution in [-0.2, 0) is 0 Å². The molecule has 0 aliphatic rings. The third-order valence-corrected chi connectivity index (χ3v) is 4.20. The monoisotopic (exact) mass is 388 g/mol. The van der Waals surface area contributed by atoms with Crippen molar-refractivity contribution in [3.05, 3.63) is 75.5 Å². The Morgan fingerprint density at radius 1 is 1.23 bits per heavy atom. The number of aryl methyl sites for hydroxylation is 1. The summed E-state index contributed by atoms with van der Waals surface area (Å²) in [6.07, 6.45) is 1.54. The highest BCUT2D eigenvalue weighted by Crippen LogP contribution is 2.23. The minimum atomic E-state index is -1.00. The smallest absolute Gasteiger partial charge is 0.335 e. The number of hydrogen-bond acceptors (Lipinski definition) is 4. The van der Waals surface area contributed by atoms with Gasteiger partial charge in [-0.05, 0) is 43.3 Å². The zero-order valence-electron chi connectivity index (χ0n) is 13.6. The van der Waals surface area contributed by atoms with Gasteiger partial charge in [-0.25, -0.2) is 9.48 Å². The third kappa shape index (κ3) is 3.87. The van der Waals surface area contributed by atoms with Crippen molar-refractivity contribution in [3.8, 4) is 5.69 Å². The van der Waals surface area contributed by atoms with Gasteiger partial charge in [0.2, 0.25) is 0 Å². The summed E-state index contributed by atoms with van der Waals surface area (Å²) in [5.74, 6) is -1.00. The maximum atomic E-state index is 11.0. The van der Waals surface area contributed by atoms with Crippen LogP contribution in [0.15, 0.2) is 53.6 Å². The first-order valence-corrected chi connectivity index (χ1v) is 8.35. The molecule has 26 heavy (non-hydrogen) atoms. The molecule has 0 saturated heterocycles. The number of nitrogens with one attached hydrogen (secondary N) is 1. The van der Waals surface area contributed by atoms with E-state index in [9.17, 15) is 4.79 Å². The molecule has 2 N–H and O–H groups in total. The number of benzene rings is 2. The molecule has 1 aromatic heterocycles. The predicted octanol–water partition coefficient (Wildman–Crippen LogP) is 4.63. The largest absolute Gasteiger partial charge is 0.478 e. The van der Waals surface area contributed by atoms with Crippen molar-refractivity contribution < 1.29 is 9.90 Å². The van der Waals surface area contributed by atoms with Crippen LogP contribution >= 0.6 is 23.2 Å². The summed E-state index contributed by atoms with van der Waals surface area (Å²) >= 11 is 12.4. The second-order valence-corrected chi connectivity index (χ2v) is 6.23. The Kier molecular flexibility index (Phi) is 5.25. The molecule has 3 aromatic rings. The number of halogens is 2. The van der Waals surface area contributed by atoms with Gasteiger partial charge in [-0.15, -0.1) is 0 Å². The molecule has 1 heterocycles. The standard InChI is InChI=1S/C18H14Cl2N4O2/c1-11-16(10-21-22-14-6-2-4-12(8-14)18(25)26)17(20)24(23-11)15-7-3-5-13(19)9-15/h2-10,22H,1H3,(H,25,26)/b21-10+. The SMILES string of the molecule is Cc1nn(-c2cccc(Cl)c2)c(Cl)c1/C=N/Nc1cccc(C(=O)O)c1. The van der Waals surface area contributed by atoms with Gasteiger partial charge in [0, 0.05) is 5.02 Å². The topological polar surface area (TPSA) is 79.5 Å². The number of aromatic carboxylic acids is 1. The van der Waals surface area contributed by atoms with Gasteiger partial charge in [0.15, 0.2) is 0 Å². The number of carboxylic acid groups (broad SMARTS) is 1. The second-order valence-electron chi connectivity index (χ2n) is 5.44. The Morgan fingerprint density at radius 3 is 2.73 bits per heavy atom. The zero-order chi connectivity index (χ0) is 18.7. The van der Waals surface area contributed by atoms with Crippen LogP contribution in [-0.4, -0.2) is 27.1 Å². The van der Waals surface area contributed by atoms with Crippen LogP contribution in [0.3, 0.4) is 0 Å². The highest BCUT2D eigenvalue weighted by molar-refractivity contribution is 6.32. The van der Waals surface area contributed by atoms with E-state index in [4.69, 9.17) is 28.3 Å². The van der Waals surface area contributed by atoms with E-state index < -0.39 is 5.97 Å². The molecule has 0 aliphatic carbocycles. The molecule has 2 aromatic carbocycles. The van der Waals surface area contributed by atoms with Crippen molar-refractivity contribution in [1.29, 1.82) is 0 Å². The Balaban J connectivity index is 1.83. The first kappa shape index (κ1) is 18.0. The zero-order valence-corrected chi connectivity index (χ0v) is 15.2. The van der Waals surface area contributed by atoms with Crippen LogP contribution in [0.5, 0.6) is 0 Å². The van der Waals surface area contributed by atoms with Crippen LogP contribution in [0.2, 0.25) is 10.2 Å². The summed E-state index contributed by atoms with van der Waals surface area (Å²) in [6.45, 7) is 1.82. The Morgan fingerprint density at radius 2 is 2.00 bits per heavy atom. The molecule has 0 fully saturated rings. The van der Waals surface area contributed by atoms with E-state index in [1.54, 1.807) is 35.2 Å². The quantitative estimate of drug-likeness (QED) is 0.493. The molecule has 0 bridgehead atoms. The normalized spacial score (nSPS) is 11.0. The summed E-state index contributed by atoms with van der Waals surface area (Å²) in [4.78, 5) is 11.0. The Labute approximate surface area is 159 Å². The van der Waals surface area contributed by atoms with Crippen LogP contribution in [0, 0.1) is 6.92 Å². The van der Waals surface area contributed by atoms with Gasteiger partial charge in [-0.1, -0.05) is 35.3 Å². The van der Waals surface area contributed by atoms with Crippen LogP contribution in [0.4, 0.5) is 5.69 Å². The van der Waals surface area contributed by atoms with E-state index in [1.807, 2.05) is 19.1 Å². The summed E-state index contributed by atoms with van der Waals surface area (Å²) in [5, 5.41) is 18.5. The molecular weight excluding hydrogens is 375 g/mol. The van der Waals surface area contributed by atoms with Crippen molar-refractivity contribution in [1.82, 2.24) is 9.78 Å². The second kappa shape index (κ2) is 7.59. The number of hydrogen-bond donors (Lipinski definition) is 2. The fourth-order valence-corrected chi connectivity index (χ4v) is 2.84. The first-order chi connectivity index (χ1) is 12.5. The lowest BCUT2D eigenvalue weighted by atomic mass is 10.2. The van der Waals surface area contributed by atoms with Crippen molar-refractivity contribution in [2.45, 2.75) is 6.92 Å². The van der Waals surface area contributed by atoms with Gasteiger partial charge in [-0.2, -0.15) is 10.2 Å². The molecule has 0 spiro atoms. The van der Waals surface area contributed by atoms with E-state index in [-0.39, 0.29) is 5.56 Å². The number of hydrazone groups is 1. The number of nitrogens with zero attached hydrogens (tertiary/aromatic N) is 3. The molecular formula is C18H14Cl2N4O2. The Bertz CT molecular complexity index is 999. The van der Waals surface area contributed by atoms with Gasteiger partial charge in [-0.3, -0.25) is 5.43 Å². The fourth-order valence-electron chi connectivity index (χ4n) is 2.33. The van der Waals surface area contributed by atoms with Crippen LogP contribution < -0.4 is 5.43 Å². The van der Waals surface area contributed by atoms with E-state index in [0.717, 1.165) is 5.69 Å². The molecule has 0 unspecified atom stereocenters. The van der Waals surface area contributed by atoms with Crippen LogP contribution in [0.25, 0.3) is 5.69 Å². The van der Waals surface area contributed by atoms with Crippen molar-refractivity contribution in [3.63, 3.8) is 0 Å². The van der Waals surface area contributed by atoms with E-state index >= 15 is 0 Å². The number of rotatable bonds is 5. The molecule has 3 rings (SSSR count). The molecule has 0 aliphatic heterocycles. The van der Waals surface area contributed by atoms with Crippen LogP contribution in [0.1, 0.15) is 21.6 Å². The lowest BCUT2D eigenvalue weighted by Gasteiger charge is -2.03. The highest BCUT2D eigenvalue weighted by Gasteiger charge is 2.13. The van der Waals surface area contributed by atoms with Gasteiger partial charge >= 0.3 is 5.97 Å². The van der Waals surface area contributed by atoms with Gasteiger partial charge in [0.05, 0.1) is 34.4 Å². The van der Waals surface area contributed by atoms with Gasteiger partial charge < -0.3 is 5.11 Å². The molecule has 0 atom stereocenters. The first-order valence-electron chi connectivity index (χ1n) is 7.59. The van der Waals surface area contributed by atoms with E-state index in [1.165, 1.54) is 12.1 Å². The average Bonchev–Trinajstić information content (AvgIpc) is 2.90. The molecule has 0 amide bonds. The lowest BCUT2D eigenvalue weighted by Crippen LogP contribution is -1.98. The predicted molar refractivity (Wildman–Crippen MR) is 103 cm³/mol. The maximum absolute atomic E-state index is 11.0. The fraction of sp³-hybridized carbons (Fsp3) is 0.0556. The maximum Gasteiger partial charge on any atom is 0.335 e. The summed E-state index contributed by atoms with van der Waals surface area (Å²) < 4.78 is 1.58. The summed E-state index contributed by atoms with van der Waals surface area (Å²) in [7, 11) is 0. The molecule has 132 valence electrons. The number of anilines is 1. The van der Waals surface area contributed by atoms with Gasteiger partial charge in [0.25, 0.3) is 0 Å². The minimum absolute atomic E-state index is 0.174. The Hall–Kier alpha value is -2.83. The number of aromatic nitrogens is 2. The summed E-state index contributed by atoms with van der Waals surface area (Å²) in [6, 6.07) is 13.5. The minimum Gasteiger partial charge on any atom is -0.478 e.